The first-order valence-electron chi connectivity index (χ1n) is 9.82. The predicted molar refractivity (Wildman–Crippen MR) is 117 cm³/mol. The van der Waals surface area contributed by atoms with Gasteiger partial charge in [0.15, 0.2) is 11.5 Å². The minimum absolute atomic E-state index is 0.283. The highest BCUT2D eigenvalue weighted by Crippen LogP contribution is 2.45. The number of para-hydroxylation sites is 1. The van der Waals surface area contributed by atoms with E-state index in [0.717, 1.165) is 36.5 Å². The summed E-state index contributed by atoms with van der Waals surface area (Å²) in [5.41, 5.74) is 3.37. The molecule has 1 aliphatic heterocycles. The number of amidine groups is 1. The summed E-state index contributed by atoms with van der Waals surface area (Å²) >= 11 is 0. The monoisotopic (exact) mass is 390 g/mol. The van der Waals surface area contributed by atoms with Crippen LogP contribution in [0, 0.1) is 0 Å². The van der Waals surface area contributed by atoms with Crippen molar-refractivity contribution in [2.45, 2.75) is 25.3 Å². The quantitative estimate of drug-likeness (QED) is 0.671. The van der Waals surface area contributed by atoms with E-state index in [9.17, 15) is 0 Å². The van der Waals surface area contributed by atoms with E-state index in [4.69, 9.17) is 19.2 Å². The zero-order valence-electron chi connectivity index (χ0n) is 17.1. The Kier molecular flexibility index (Phi) is 5.56. The average molecular weight is 390 g/mol. The van der Waals surface area contributed by atoms with E-state index in [1.54, 1.807) is 21.3 Å². The van der Waals surface area contributed by atoms with Crippen LogP contribution in [0.3, 0.4) is 0 Å². The highest BCUT2D eigenvalue weighted by Gasteiger charge is 2.38. The van der Waals surface area contributed by atoms with Crippen LogP contribution >= 0.6 is 0 Å². The molecule has 4 rings (SSSR count). The Morgan fingerprint density at radius 3 is 2.28 bits per heavy atom. The molecule has 1 saturated heterocycles. The lowest BCUT2D eigenvalue weighted by Crippen LogP contribution is -2.54. The van der Waals surface area contributed by atoms with Gasteiger partial charge in [0.2, 0.25) is 5.75 Å². The lowest BCUT2D eigenvalue weighted by molar-refractivity contribution is 0.324. The Morgan fingerprint density at radius 1 is 0.966 bits per heavy atom. The van der Waals surface area contributed by atoms with Crippen LogP contribution in [-0.4, -0.2) is 33.2 Å². The fourth-order valence-electron chi connectivity index (χ4n) is 3.91. The second-order valence-electron chi connectivity index (χ2n) is 7.05. The maximum absolute atomic E-state index is 5.58. The van der Waals surface area contributed by atoms with Crippen LogP contribution < -0.4 is 19.1 Å². The molecule has 0 bridgehead atoms. The van der Waals surface area contributed by atoms with Crippen molar-refractivity contribution in [1.29, 1.82) is 0 Å². The molecule has 0 N–H and O–H groups in total. The number of benzene rings is 2. The third kappa shape index (κ3) is 3.73. The maximum Gasteiger partial charge on any atom is 0.203 e. The van der Waals surface area contributed by atoms with E-state index in [2.05, 4.69) is 23.1 Å². The van der Waals surface area contributed by atoms with Crippen molar-refractivity contribution in [2.75, 3.05) is 26.2 Å². The zero-order chi connectivity index (χ0) is 20.2. The summed E-state index contributed by atoms with van der Waals surface area (Å²) in [4.78, 5) is 7.19. The SMILES string of the molecule is COc1cc(N2/C(=N/c3ccccc3)CC2C2=CC=CCC2)cc(OC)c1OC. The maximum atomic E-state index is 5.58. The summed E-state index contributed by atoms with van der Waals surface area (Å²) in [5.74, 6) is 2.91. The Labute approximate surface area is 171 Å². The molecule has 0 aromatic heterocycles. The highest BCUT2D eigenvalue weighted by atomic mass is 16.5. The summed E-state index contributed by atoms with van der Waals surface area (Å²) < 4.78 is 16.6. The first-order chi connectivity index (χ1) is 14.2. The normalized spacial score (nSPS) is 19.6. The standard InChI is InChI=1S/C24H26N2O3/c1-27-21-14-19(15-22(28-2)24(21)29-3)26-20(17-10-6-4-7-11-17)16-23(26)25-18-12-8-5-9-13-18/h4-6,8-10,12-15,20H,7,11,16H2,1-3H3/b25-23+. The van der Waals surface area contributed by atoms with Gasteiger partial charge < -0.3 is 19.1 Å². The number of allylic oxidation sites excluding steroid dienone is 3. The molecule has 150 valence electrons. The number of rotatable bonds is 6. The molecule has 5 nitrogen and oxygen atoms in total. The van der Waals surface area contributed by atoms with Crippen molar-refractivity contribution in [3.05, 3.63) is 66.3 Å². The molecule has 0 amide bonds. The fraction of sp³-hybridized carbons (Fsp3) is 0.292. The van der Waals surface area contributed by atoms with Crippen LogP contribution in [0.1, 0.15) is 19.3 Å². The largest absolute Gasteiger partial charge is 0.493 e. The first-order valence-corrected chi connectivity index (χ1v) is 9.82. The molecule has 0 spiro atoms. The van der Waals surface area contributed by atoms with Crippen molar-refractivity contribution in [3.8, 4) is 17.2 Å². The Bertz CT molecular complexity index is 938. The Balaban J connectivity index is 1.77. The molecule has 5 heteroatoms. The van der Waals surface area contributed by atoms with Gasteiger partial charge in [-0.2, -0.15) is 0 Å². The van der Waals surface area contributed by atoms with Crippen molar-refractivity contribution < 1.29 is 14.2 Å². The van der Waals surface area contributed by atoms with Crippen molar-refractivity contribution >= 4 is 17.2 Å². The molecule has 2 aliphatic rings. The summed E-state index contributed by atoms with van der Waals surface area (Å²) in [5, 5.41) is 0. The predicted octanol–water partition coefficient (Wildman–Crippen LogP) is 5.30. The van der Waals surface area contributed by atoms with Gasteiger partial charge in [0.1, 0.15) is 5.84 Å². The molecule has 2 aromatic carbocycles. The molecule has 1 fully saturated rings. The number of methoxy groups -OCH3 is 3. The van der Waals surface area contributed by atoms with Gasteiger partial charge >= 0.3 is 0 Å². The van der Waals surface area contributed by atoms with E-state index in [1.165, 1.54) is 5.57 Å². The lowest BCUT2D eigenvalue weighted by atomic mass is 9.87. The fourth-order valence-corrected chi connectivity index (χ4v) is 3.91. The average Bonchev–Trinajstić information content (AvgIpc) is 2.76. The number of aliphatic imine (C=N–C) groups is 1. The Hall–Kier alpha value is -3.21. The van der Waals surface area contributed by atoms with E-state index in [0.29, 0.717) is 17.2 Å². The van der Waals surface area contributed by atoms with E-state index in [-0.39, 0.29) is 6.04 Å². The second-order valence-corrected chi connectivity index (χ2v) is 7.05. The van der Waals surface area contributed by atoms with Gasteiger partial charge in [-0.1, -0.05) is 36.4 Å². The van der Waals surface area contributed by atoms with Crippen LogP contribution in [0.2, 0.25) is 0 Å². The van der Waals surface area contributed by atoms with Gasteiger partial charge in [0, 0.05) is 18.6 Å². The minimum atomic E-state index is 0.283. The van der Waals surface area contributed by atoms with Gasteiger partial charge in [0.25, 0.3) is 0 Å². The van der Waals surface area contributed by atoms with Crippen LogP contribution in [0.25, 0.3) is 0 Å². The molecule has 0 saturated carbocycles. The molecule has 1 unspecified atom stereocenters. The van der Waals surface area contributed by atoms with Crippen LogP contribution in [0.15, 0.2) is 71.3 Å². The molecular weight excluding hydrogens is 364 g/mol. The number of hydrogen-bond acceptors (Lipinski definition) is 4. The minimum Gasteiger partial charge on any atom is -0.493 e. The third-order valence-electron chi connectivity index (χ3n) is 5.38. The smallest absolute Gasteiger partial charge is 0.203 e. The van der Waals surface area contributed by atoms with E-state index in [1.807, 2.05) is 42.5 Å². The van der Waals surface area contributed by atoms with E-state index >= 15 is 0 Å². The van der Waals surface area contributed by atoms with Crippen LogP contribution in [0.5, 0.6) is 17.2 Å². The molecule has 29 heavy (non-hydrogen) atoms. The van der Waals surface area contributed by atoms with Gasteiger partial charge in [-0.15, -0.1) is 0 Å². The lowest BCUT2D eigenvalue weighted by Gasteiger charge is -2.45. The molecule has 1 atom stereocenters. The Morgan fingerprint density at radius 2 is 1.69 bits per heavy atom. The van der Waals surface area contributed by atoms with Crippen molar-refractivity contribution in [1.82, 2.24) is 0 Å². The van der Waals surface area contributed by atoms with Gasteiger partial charge in [0.05, 0.1) is 38.7 Å². The highest BCUT2D eigenvalue weighted by molar-refractivity contribution is 6.07. The van der Waals surface area contributed by atoms with Crippen LogP contribution in [0.4, 0.5) is 11.4 Å². The molecule has 1 aliphatic carbocycles. The van der Waals surface area contributed by atoms with Gasteiger partial charge in [-0.05, 0) is 30.5 Å². The number of nitrogens with zero attached hydrogens (tertiary/aromatic N) is 2. The second kappa shape index (κ2) is 8.43. The number of anilines is 1. The summed E-state index contributed by atoms with van der Waals surface area (Å²) in [6.45, 7) is 0. The van der Waals surface area contributed by atoms with Gasteiger partial charge in [-0.3, -0.25) is 0 Å². The number of hydrogen-bond donors (Lipinski definition) is 0. The first kappa shape index (κ1) is 19.1. The summed E-state index contributed by atoms with van der Waals surface area (Å²) in [7, 11) is 4.90. The number of ether oxygens (including phenoxy) is 3. The molecule has 2 aromatic rings. The van der Waals surface area contributed by atoms with Gasteiger partial charge in [-0.25, -0.2) is 4.99 Å². The van der Waals surface area contributed by atoms with Crippen LogP contribution in [-0.2, 0) is 0 Å². The summed E-state index contributed by atoms with van der Waals surface area (Å²) in [6, 6.07) is 14.3. The van der Waals surface area contributed by atoms with Crippen molar-refractivity contribution in [2.24, 2.45) is 4.99 Å². The zero-order valence-corrected chi connectivity index (χ0v) is 17.1. The summed E-state index contributed by atoms with van der Waals surface area (Å²) in [6.07, 6.45) is 9.66. The molecule has 0 radical (unpaired) electrons. The molecule has 1 heterocycles. The van der Waals surface area contributed by atoms with Crippen molar-refractivity contribution in [3.63, 3.8) is 0 Å². The molecular formula is C24H26N2O3. The third-order valence-corrected chi connectivity index (χ3v) is 5.38. The topological polar surface area (TPSA) is 43.3 Å². The van der Waals surface area contributed by atoms with E-state index < -0.39 is 0 Å².